The molecule has 0 radical (unpaired) electrons. The van der Waals surface area contributed by atoms with Crippen molar-refractivity contribution in [3.05, 3.63) is 66.2 Å². The monoisotopic (exact) mass is 389 g/mol. The predicted molar refractivity (Wildman–Crippen MR) is 100 cm³/mol. The van der Waals surface area contributed by atoms with Crippen molar-refractivity contribution in [1.29, 1.82) is 0 Å². The summed E-state index contributed by atoms with van der Waals surface area (Å²) in [5.41, 5.74) is 0.162. The van der Waals surface area contributed by atoms with E-state index in [1.165, 1.54) is 24.5 Å². The molecule has 2 N–H and O–H groups in total. The quantitative estimate of drug-likeness (QED) is 0.698. The summed E-state index contributed by atoms with van der Waals surface area (Å²) in [5.74, 6) is -1.21. The summed E-state index contributed by atoms with van der Waals surface area (Å²) in [6.45, 7) is 0. The largest absolute Gasteiger partial charge is 0.478 e. The third-order valence-electron chi connectivity index (χ3n) is 3.79. The highest BCUT2D eigenvalue weighted by atomic mass is 32.2. The fourth-order valence-electron chi connectivity index (χ4n) is 2.57. The van der Waals surface area contributed by atoms with Crippen LogP contribution in [0, 0.1) is 0 Å². The average molecular weight is 389 g/mol. The van der Waals surface area contributed by atoms with Crippen molar-refractivity contribution >= 4 is 43.3 Å². The molecule has 0 aliphatic heterocycles. The molecular weight excluding hydrogens is 374 g/mol. The smallest absolute Gasteiger partial charge is 0.336 e. The fourth-order valence-corrected chi connectivity index (χ4v) is 4.24. The van der Waals surface area contributed by atoms with Crippen molar-refractivity contribution in [2.75, 3.05) is 11.0 Å². The highest BCUT2D eigenvalue weighted by molar-refractivity contribution is 7.92. The second kappa shape index (κ2) is 6.89. The number of carboxylic acids is 1. The zero-order chi connectivity index (χ0) is 18.9. The molecule has 0 saturated carbocycles. The molecule has 0 saturated heterocycles. The first-order chi connectivity index (χ1) is 12.3. The minimum Gasteiger partial charge on any atom is -0.478 e. The lowest BCUT2D eigenvalue weighted by molar-refractivity contribution is 0.0699. The van der Waals surface area contributed by atoms with Gasteiger partial charge in [-0.25, -0.2) is 13.2 Å². The lowest BCUT2D eigenvalue weighted by Crippen LogP contribution is -2.14. The molecule has 0 aromatic heterocycles. The summed E-state index contributed by atoms with van der Waals surface area (Å²) >= 11 is 0. The van der Waals surface area contributed by atoms with Crippen molar-refractivity contribution in [3.8, 4) is 0 Å². The number of nitrogens with one attached hydrogen (secondary N) is 1. The minimum atomic E-state index is -4.02. The molecule has 0 spiro atoms. The topological polar surface area (TPSA) is 101 Å². The van der Waals surface area contributed by atoms with Gasteiger partial charge in [-0.15, -0.1) is 0 Å². The Morgan fingerprint density at radius 1 is 1.04 bits per heavy atom. The van der Waals surface area contributed by atoms with Crippen LogP contribution in [-0.2, 0) is 20.8 Å². The molecular formula is C18H15NO5S2. The molecule has 0 aliphatic carbocycles. The zero-order valence-electron chi connectivity index (χ0n) is 13.7. The van der Waals surface area contributed by atoms with Crippen molar-refractivity contribution in [3.63, 3.8) is 0 Å². The minimum absolute atomic E-state index is 0.0908. The third kappa shape index (κ3) is 3.61. The standard InChI is InChI=1S/C18H15NO5S2/c1-25(22)14-7-4-6-13(10-14)19-26(23,24)15-9-12-5-2-3-8-16(12)17(11-15)18(20)21/h2-11,19H,1H3,(H,20,21). The number of rotatable bonds is 5. The van der Waals surface area contributed by atoms with Gasteiger partial charge in [-0.3, -0.25) is 8.93 Å². The maximum absolute atomic E-state index is 12.7. The van der Waals surface area contributed by atoms with E-state index in [2.05, 4.69) is 4.72 Å². The van der Waals surface area contributed by atoms with Crippen molar-refractivity contribution in [1.82, 2.24) is 0 Å². The number of fused-ring (bicyclic) bond motifs is 1. The Bertz CT molecular complexity index is 1140. The molecule has 0 amide bonds. The van der Waals surface area contributed by atoms with Gasteiger partial charge in [0.2, 0.25) is 0 Å². The van der Waals surface area contributed by atoms with Gasteiger partial charge in [0.1, 0.15) is 0 Å². The molecule has 6 nitrogen and oxygen atoms in total. The van der Waals surface area contributed by atoms with Gasteiger partial charge < -0.3 is 5.11 Å². The SMILES string of the molecule is CS(=O)c1cccc(NS(=O)(=O)c2cc(C(=O)O)c3ccccc3c2)c1. The van der Waals surface area contributed by atoms with Crippen LogP contribution in [0.15, 0.2) is 70.5 Å². The van der Waals surface area contributed by atoms with Gasteiger partial charge in [0, 0.05) is 22.0 Å². The molecule has 3 rings (SSSR count). The van der Waals surface area contributed by atoms with Gasteiger partial charge in [0.25, 0.3) is 10.0 Å². The van der Waals surface area contributed by atoms with Crippen molar-refractivity contribution < 1.29 is 22.5 Å². The molecule has 1 atom stereocenters. The van der Waals surface area contributed by atoms with E-state index >= 15 is 0 Å². The van der Waals surface area contributed by atoms with Gasteiger partial charge >= 0.3 is 5.97 Å². The summed E-state index contributed by atoms with van der Waals surface area (Å²) in [7, 11) is -5.27. The van der Waals surface area contributed by atoms with Gasteiger partial charge in [-0.2, -0.15) is 0 Å². The van der Waals surface area contributed by atoms with E-state index in [-0.39, 0.29) is 16.1 Å². The van der Waals surface area contributed by atoms with Gasteiger partial charge in [0.05, 0.1) is 16.1 Å². The molecule has 3 aromatic carbocycles. The third-order valence-corrected chi connectivity index (χ3v) is 6.07. The van der Waals surface area contributed by atoms with E-state index in [1.807, 2.05) is 0 Å². The number of carbonyl (C=O) groups is 1. The second-order valence-electron chi connectivity index (χ2n) is 5.58. The molecule has 3 aromatic rings. The summed E-state index contributed by atoms with van der Waals surface area (Å²) in [6.07, 6.45) is 1.50. The van der Waals surface area contributed by atoms with E-state index < -0.39 is 26.8 Å². The summed E-state index contributed by atoms with van der Waals surface area (Å²) in [5, 5.41) is 10.4. The number of hydrogen-bond donors (Lipinski definition) is 2. The Morgan fingerprint density at radius 2 is 1.77 bits per heavy atom. The van der Waals surface area contributed by atoms with Crippen LogP contribution >= 0.6 is 0 Å². The Kier molecular flexibility index (Phi) is 4.80. The Morgan fingerprint density at radius 3 is 2.46 bits per heavy atom. The van der Waals surface area contributed by atoms with E-state index in [0.29, 0.717) is 15.7 Å². The highest BCUT2D eigenvalue weighted by Gasteiger charge is 2.19. The van der Waals surface area contributed by atoms with Gasteiger partial charge in [-0.05, 0) is 41.1 Å². The van der Waals surface area contributed by atoms with Crippen molar-refractivity contribution in [2.24, 2.45) is 0 Å². The van der Waals surface area contributed by atoms with E-state index in [9.17, 15) is 22.5 Å². The number of hydrogen-bond acceptors (Lipinski definition) is 4. The first-order valence-electron chi connectivity index (χ1n) is 7.50. The Labute approximate surface area is 153 Å². The van der Waals surface area contributed by atoms with Crippen LogP contribution in [-0.4, -0.2) is 30.0 Å². The van der Waals surface area contributed by atoms with Gasteiger partial charge in [-0.1, -0.05) is 30.3 Å². The van der Waals surface area contributed by atoms with E-state index in [0.717, 1.165) is 6.07 Å². The molecule has 0 bridgehead atoms. The van der Waals surface area contributed by atoms with Crippen LogP contribution < -0.4 is 4.72 Å². The first-order valence-corrected chi connectivity index (χ1v) is 10.5. The molecule has 8 heteroatoms. The normalized spacial score (nSPS) is 12.7. The van der Waals surface area contributed by atoms with Gasteiger partial charge in [0.15, 0.2) is 0 Å². The molecule has 134 valence electrons. The lowest BCUT2D eigenvalue weighted by Gasteiger charge is -2.11. The Hall–Kier alpha value is -2.71. The molecule has 0 fully saturated rings. The van der Waals surface area contributed by atoms with Crippen molar-refractivity contribution in [2.45, 2.75) is 9.79 Å². The van der Waals surface area contributed by atoms with Crippen LogP contribution in [0.4, 0.5) is 5.69 Å². The van der Waals surface area contributed by atoms with Crippen LogP contribution in [0.5, 0.6) is 0 Å². The number of benzene rings is 3. The maximum Gasteiger partial charge on any atom is 0.336 e. The second-order valence-corrected chi connectivity index (χ2v) is 8.65. The fraction of sp³-hybridized carbons (Fsp3) is 0.0556. The lowest BCUT2D eigenvalue weighted by atomic mass is 10.0. The van der Waals surface area contributed by atoms with Crippen LogP contribution in [0.2, 0.25) is 0 Å². The number of anilines is 1. The molecule has 0 heterocycles. The average Bonchev–Trinajstić information content (AvgIpc) is 2.60. The molecule has 0 aliphatic rings. The Balaban J connectivity index is 2.08. The first kappa shape index (κ1) is 18.1. The number of aromatic carboxylic acids is 1. The van der Waals surface area contributed by atoms with E-state index in [4.69, 9.17) is 0 Å². The van der Waals surface area contributed by atoms with Crippen LogP contribution in [0.1, 0.15) is 10.4 Å². The van der Waals surface area contributed by atoms with E-state index in [1.54, 1.807) is 36.4 Å². The zero-order valence-corrected chi connectivity index (χ0v) is 15.3. The van der Waals surface area contributed by atoms with Crippen LogP contribution in [0.25, 0.3) is 10.8 Å². The summed E-state index contributed by atoms with van der Waals surface area (Å²) in [6, 6.07) is 15.5. The number of carboxylic acid groups (broad SMARTS) is 1. The number of sulfonamides is 1. The summed E-state index contributed by atoms with van der Waals surface area (Å²) < 4.78 is 39.4. The van der Waals surface area contributed by atoms with Crippen LogP contribution in [0.3, 0.4) is 0 Å². The maximum atomic E-state index is 12.7. The molecule has 1 unspecified atom stereocenters. The highest BCUT2D eigenvalue weighted by Crippen LogP contribution is 2.26. The summed E-state index contributed by atoms with van der Waals surface area (Å²) in [4.78, 5) is 11.8. The predicted octanol–water partition coefficient (Wildman–Crippen LogP) is 3.08. The molecule has 26 heavy (non-hydrogen) atoms.